The summed E-state index contributed by atoms with van der Waals surface area (Å²) in [5.41, 5.74) is 3.59. The number of rotatable bonds is 4. The Labute approximate surface area is 138 Å². The summed E-state index contributed by atoms with van der Waals surface area (Å²) in [4.78, 5) is 0. The Hall–Kier alpha value is -2.42. The van der Waals surface area contributed by atoms with E-state index in [0.29, 0.717) is 13.4 Å². The maximum atomic E-state index is 5.31. The summed E-state index contributed by atoms with van der Waals surface area (Å²) < 4.78 is 15.7. The first kappa shape index (κ1) is 16.9. The highest BCUT2D eigenvalue weighted by Gasteiger charge is 2.11. The molecule has 122 valence electrons. The second-order valence-electron chi connectivity index (χ2n) is 5.21. The Bertz CT molecular complexity index is 662. The summed E-state index contributed by atoms with van der Waals surface area (Å²) in [6.07, 6.45) is 1.04. The van der Waals surface area contributed by atoms with Crippen LogP contribution in [0.4, 0.5) is 0 Å². The topological polar surface area (TPSA) is 27.7 Å². The SMILES string of the molecule is C=C(OCC)c1ccccc1C.CCc1ccc2c(c1)OCO2. The molecule has 0 N–H and O–H groups in total. The van der Waals surface area contributed by atoms with Crippen LogP contribution >= 0.6 is 0 Å². The van der Waals surface area contributed by atoms with Crippen molar-refractivity contribution in [1.29, 1.82) is 0 Å². The number of hydrogen-bond donors (Lipinski definition) is 0. The number of benzene rings is 2. The van der Waals surface area contributed by atoms with Crippen LogP contribution in [0.25, 0.3) is 5.76 Å². The van der Waals surface area contributed by atoms with Crippen LogP contribution in [0.3, 0.4) is 0 Å². The monoisotopic (exact) mass is 312 g/mol. The van der Waals surface area contributed by atoms with Gasteiger partial charge in [0.25, 0.3) is 0 Å². The van der Waals surface area contributed by atoms with Crippen LogP contribution in [0, 0.1) is 6.92 Å². The average Bonchev–Trinajstić information content (AvgIpc) is 3.03. The van der Waals surface area contributed by atoms with Crippen molar-refractivity contribution in [3.63, 3.8) is 0 Å². The van der Waals surface area contributed by atoms with E-state index in [1.807, 2.05) is 37.3 Å². The molecular formula is C20H24O3. The van der Waals surface area contributed by atoms with Gasteiger partial charge in [0.15, 0.2) is 11.5 Å². The molecule has 1 aliphatic rings. The molecule has 1 aliphatic heterocycles. The zero-order valence-corrected chi connectivity index (χ0v) is 14.1. The van der Waals surface area contributed by atoms with Gasteiger partial charge < -0.3 is 14.2 Å². The molecule has 0 unspecified atom stereocenters. The van der Waals surface area contributed by atoms with E-state index < -0.39 is 0 Å². The molecule has 0 bridgehead atoms. The first-order chi connectivity index (χ1) is 11.2. The molecule has 0 aromatic heterocycles. The molecule has 0 fully saturated rings. The van der Waals surface area contributed by atoms with Crippen molar-refractivity contribution in [3.8, 4) is 11.5 Å². The van der Waals surface area contributed by atoms with Gasteiger partial charge in [-0.05, 0) is 43.5 Å². The van der Waals surface area contributed by atoms with E-state index in [1.54, 1.807) is 0 Å². The third-order valence-electron chi connectivity index (χ3n) is 3.61. The zero-order chi connectivity index (χ0) is 16.7. The minimum atomic E-state index is 0.364. The quantitative estimate of drug-likeness (QED) is 0.745. The molecule has 2 aromatic carbocycles. The lowest BCUT2D eigenvalue weighted by Gasteiger charge is -2.08. The van der Waals surface area contributed by atoms with Gasteiger partial charge in [0.1, 0.15) is 5.76 Å². The Morgan fingerprint density at radius 3 is 2.52 bits per heavy atom. The minimum Gasteiger partial charge on any atom is -0.494 e. The average molecular weight is 312 g/mol. The second-order valence-corrected chi connectivity index (χ2v) is 5.21. The molecular weight excluding hydrogens is 288 g/mol. The van der Waals surface area contributed by atoms with E-state index in [9.17, 15) is 0 Å². The molecule has 2 aromatic rings. The Kier molecular flexibility index (Phi) is 6.10. The lowest BCUT2D eigenvalue weighted by atomic mass is 10.1. The summed E-state index contributed by atoms with van der Waals surface area (Å²) in [7, 11) is 0. The Balaban J connectivity index is 0.000000167. The van der Waals surface area contributed by atoms with Gasteiger partial charge in [-0.25, -0.2) is 0 Å². The zero-order valence-electron chi connectivity index (χ0n) is 14.1. The normalized spacial score (nSPS) is 11.4. The van der Waals surface area contributed by atoms with E-state index >= 15 is 0 Å². The predicted octanol–water partition coefficient (Wildman–Crippen LogP) is 4.98. The molecule has 0 atom stereocenters. The molecule has 0 saturated carbocycles. The summed E-state index contributed by atoms with van der Waals surface area (Å²) in [6.45, 7) is 11.0. The van der Waals surface area contributed by atoms with Gasteiger partial charge in [-0.2, -0.15) is 0 Å². The summed E-state index contributed by atoms with van der Waals surface area (Å²) in [5.74, 6) is 2.50. The van der Waals surface area contributed by atoms with Crippen molar-refractivity contribution in [1.82, 2.24) is 0 Å². The second kappa shape index (κ2) is 8.28. The van der Waals surface area contributed by atoms with Crippen LogP contribution in [0.1, 0.15) is 30.5 Å². The van der Waals surface area contributed by atoms with Gasteiger partial charge in [0.05, 0.1) is 6.61 Å². The van der Waals surface area contributed by atoms with Crippen LogP contribution < -0.4 is 9.47 Å². The van der Waals surface area contributed by atoms with Crippen LogP contribution in [0.15, 0.2) is 49.0 Å². The maximum Gasteiger partial charge on any atom is 0.231 e. The number of hydrogen-bond acceptors (Lipinski definition) is 3. The number of fused-ring (bicyclic) bond motifs is 1. The first-order valence-electron chi connectivity index (χ1n) is 7.92. The molecule has 3 nitrogen and oxygen atoms in total. The largest absolute Gasteiger partial charge is 0.494 e. The van der Waals surface area contributed by atoms with Gasteiger partial charge >= 0.3 is 0 Å². The molecule has 0 amide bonds. The van der Waals surface area contributed by atoms with Gasteiger partial charge in [0, 0.05) is 5.56 Å². The van der Waals surface area contributed by atoms with E-state index in [0.717, 1.165) is 29.2 Å². The van der Waals surface area contributed by atoms with Crippen molar-refractivity contribution in [2.75, 3.05) is 13.4 Å². The fourth-order valence-electron chi connectivity index (χ4n) is 2.30. The van der Waals surface area contributed by atoms with Gasteiger partial charge in [-0.1, -0.05) is 43.8 Å². The van der Waals surface area contributed by atoms with Gasteiger partial charge in [-0.15, -0.1) is 0 Å². The van der Waals surface area contributed by atoms with Crippen molar-refractivity contribution in [3.05, 3.63) is 65.7 Å². The molecule has 0 saturated heterocycles. The van der Waals surface area contributed by atoms with E-state index in [1.165, 1.54) is 11.1 Å². The fourth-order valence-corrected chi connectivity index (χ4v) is 2.30. The standard InChI is InChI=1S/C11H14O.C9H10O2/c1-4-12-10(3)11-8-6-5-7-9(11)2;1-2-7-3-4-8-9(5-7)11-6-10-8/h5-8H,3-4H2,1-2H3;3-5H,2,6H2,1H3. The fraction of sp³-hybridized carbons (Fsp3) is 0.300. The summed E-state index contributed by atoms with van der Waals surface area (Å²) in [6, 6.07) is 14.1. The van der Waals surface area contributed by atoms with Crippen molar-refractivity contribution >= 4 is 5.76 Å². The molecule has 23 heavy (non-hydrogen) atoms. The third-order valence-corrected chi connectivity index (χ3v) is 3.61. The lowest BCUT2D eigenvalue weighted by Crippen LogP contribution is -1.92. The molecule has 0 radical (unpaired) electrons. The molecule has 0 spiro atoms. The van der Waals surface area contributed by atoms with Crippen LogP contribution in [0.5, 0.6) is 11.5 Å². The summed E-state index contributed by atoms with van der Waals surface area (Å²) in [5, 5.41) is 0. The van der Waals surface area contributed by atoms with Crippen molar-refractivity contribution < 1.29 is 14.2 Å². The van der Waals surface area contributed by atoms with Crippen LogP contribution in [-0.4, -0.2) is 13.4 Å². The van der Waals surface area contributed by atoms with Crippen LogP contribution in [0.2, 0.25) is 0 Å². The first-order valence-corrected chi connectivity index (χ1v) is 7.92. The highest BCUT2D eigenvalue weighted by Crippen LogP contribution is 2.32. The van der Waals surface area contributed by atoms with Crippen molar-refractivity contribution in [2.24, 2.45) is 0 Å². The smallest absolute Gasteiger partial charge is 0.231 e. The minimum absolute atomic E-state index is 0.364. The molecule has 0 aliphatic carbocycles. The van der Waals surface area contributed by atoms with E-state index in [-0.39, 0.29) is 0 Å². The molecule has 3 rings (SSSR count). The predicted molar refractivity (Wildman–Crippen MR) is 93.8 cm³/mol. The van der Waals surface area contributed by atoms with E-state index in [4.69, 9.17) is 14.2 Å². The Morgan fingerprint density at radius 1 is 1.09 bits per heavy atom. The van der Waals surface area contributed by atoms with E-state index in [2.05, 4.69) is 32.6 Å². The lowest BCUT2D eigenvalue weighted by molar-refractivity contribution is 0.174. The van der Waals surface area contributed by atoms with Gasteiger partial charge in [-0.3, -0.25) is 0 Å². The number of ether oxygens (including phenoxy) is 3. The van der Waals surface area contributed by atoms with Gasteiger partial charge in [0.2, 0.25) is 6.79 Å². The third kappa shape index (κ3) is 4.52. The highest BCUT2D eigenvalue weighted by molar-refractivity contribution is 5.60. The molecule has 3 heteroatoms. The Morgan fingerprint density at radius 2 is 1.83 bits per heavy atom. The van der Waals surface area contributed by atoms with Crippen molar-refractivity contribution in [2.45, 2.75) is 27.2 Å². The van der Waals surface area contributed by atoms with Crippen LogP contribution in [-0.2, 0) is 11.2 Å². The highest BCUT2D eigenvalue weighted by atomic mass is 16.7. The number of aryl methyl sites for hydroxylation is 2. The maximum absolute atomic E-state index is 5.31. The summed E-state index contributed by atoms with van der Waals surface area (Å²) >= 11 is 0. The molecule has 1 heterocycles.